The lowest BCUT2D eigenvalue weighted by molar-refractivity contribution is 0.412. The summed E-state index contributed by atoms with van der Waals surface area (Å²) in [4.78, 5) is 0. The Hall–Kier alpha value is -0.880. The van der Waals surface area contributed by atoms with E-state index in [9.17, 15) is 0 Å². The van der Waals surface area contributed by atoms with Crippen LogP contribution in [-0.4, -0.2) is 7.11 Å². The molecular formula is C16H18Br2N2O. The summed E-state index contributed by atoms with van der Waals surface area (Å²) in [6, 6.07) is 12.4. The van der Waals surface area contributed by atoms with Crippen LogP contribution in [0.2, 0.25) is 0 Å². The van der Waals surface area contributed by atoms with Crippen molar-refractivity contribution < 1.29 is 4.74 Å². The first-order valence-electron chi connectivity index (χ1n) is 6.59. The van der Waals surface area contributed by atoms with E-state index in [2.05, 4.69) is 74.5 Å². The van der Waals surface area contributed by atoms with E-state index < -0.39 is 0 Å². The van der Waals surface area contributed by atoms with Gasteiger partial charge in [-0.25, -0.2) is 0 Å². The minimum Gasteiger partial charge on any atom is -0.496 e. The highest BCUT2D eigenvalue weighted by atomic mass is 79.9. The second kappa shape index (κ2) is 7.40. The van der Waals surface area contributed by atoms with Crippen LogP contribution in [0.15, 0.2) is 45.3 Å². The van der Waals surface area contributed by atoms with Crippen LogP contribution in [0, 0.1) is 6.92 Å². The lowest BCUT2D eigenvalue weighted by Gasteiger charge is -2.18. The number of rotatable bonds is 5. The van der Waals surface area contributed by atoms with Gasteiger partial charge in [0.1, 0.15) is 5.75 Å². The molecule has 0 saturated heterocycles. The molecule has 0 aliphatic rings. The van der Waals surface area contributed by atoms with Gasteiger partial charge in [-0.05, 0) is 64.2 Å². The van der Waals surface area contributed by atoms with Crippen molar-refractivity contribution in [2.75, 3.05) is 7.11 Å². The molecule has 2 aromatic carbocycles. The van der Waals surface area contributed by atoms with Crippen LogP contribution in [0.1, 0.15) is 22.7 Å². The fraction of sp³-hybridized carbons (Fsp3) is 0.250. The first-order chi connectivity index (χ1) is 10.0. The van der Waals surface area contributed by atoms with Gasteiger partial charge in [0.2, 0.25) is 0 Å². The molecule has 2 rings (SSSR count). The average Bonchev–Trinajstić information content (AvgIpc) is 2.48. The van der Waals surface area contributed by atoms with Gasteiger partial charge in [-0.1, -0.05) is 34.1 Å². The maximum Gasteiger partial charge on any atom is 0.133 e. The van der Waals surface area contributed by atoms with Crippen molar-refractivity contribution >= 4 is 31.9 Å². The Morgan fingerprint density at radius 1 is 1.14 bits per heavy atom. The van der Waals surface area contributed by atoms with E-state index >= 15 is 0 Å². The summed E-state index contributed by atoms with van der Waals surface area (Å²) in [6.45, 7) is 2.07. The third-order valence-electron chi connectivity index (χ3n) is 3.46. The molecule has 0 aliphatic heterocycles. The Bertz CT molecular complexity index is 632. The minimum atomic E-state index is 0.0576. The Morgan fingerprint density at radius 2 is 1.90 bits per heavy atom. The second-order valence-corrected chi connectivity index (χ2v) is 6.61. The van der Waals surface area contributed by atoms with E-state index in [1.165, 1.54) is 11.1 Å². The molecule has 21 heavy (non-hydrogen) atoms. The molecule has 1 atom stereocenters. The maximum atomic E-state index is 5.73. The fourth-order valence-corrected chi connectivity index (χ4v) is 3.16. The van der Waals surface area contributed by atoms with Crippen LogP contribution in [0.4, 0.5) is 0 Å². The van der Waals surface area contributed by atoms with Gasteiger partial charge >= 0.3 is 0 Å². The molecule has 0 aromatic heterocycles. The lowest BCUT2D eigenvalue weighted by atomic mass is 9.98. The molecule has 112 valence electrons. The van der Waals surface area contributed by atoms with Crippen LogP contribution >= 0.6 is 31.9 Å². The molecule has 3 nitrogen and oxygen atoms in total. The number of nitrogens with two attached hydrogens (primary N) is 1. The normalized spacial score (nSPS) is 12.2. The average molecular weight is 414 g/mol. The molecule has 0 radical (unpaired) electrons. The molecular weight excluding hydrogens is 396 g/mol. The smallest absolute Gasteiger partial charge is 0.133 e. The number of benzene rings is 2. The molecule has 0 amide bonds. The lowest BCUT2D eigenvalue weighted by Crippen LogP contribution is -2.29. The quantitative estimate of drug-likeness (QED) is 0.568. The standard InChI is InChI=1S/C16H18Br2N2O/c1-10-3-5-12(9-13(10)17)15(20-19)8-11-4-6-16(21-2)14(18)7-11/h3-7,9,15,20H,8,19H2,1-2H3. The first kappa shape index (κ1) is 16.5. The van der Waals surface area contributed by atoms with E-state index in [1.807, 2.05) is 6.07 Å². The third-order valence-corrected chi connectivity index (χ3v) is 4.93. The number of aryl methyl sites for hydroxylation is 1. The fourth-order valence-electron chi connectivity index (χ4n) is 2.17. The summed E-state index contributed by atoms with van der Waals surface area (Å²) < 4.78 is 7.29. The third kappa shape index (κ3) is 4.07. The molecule has 0 heterocycles. The molecule has 0 bridgehead atoms. The van der Waals surface area contributed by atoms with Gasteiger partial charge < -0.3 is 4.74 Å². The summed E-state index contributed by atoms with van der Waals surface area (Å²) in [7, 11) is 1.66. The van der Waals surface area contributed by atoms with Gasteiger partial charge in [0.25, 0.3) is 0 Å². The topological polar surface area (TPSA) is 47.3 Å². The molecule has 0 spiro atoms. The van der Waals surface area contributed by atoms with Gasteiger partial charge in [-0.15, -0.1) is 0 Å². The summed E-state index contributed by atoms with van der Waals surface area (Å²) in [5.41, 5.74) is 6.44. The van der Waals surface area contributed by atoms with Crippen molar-refractivity contribution in [3.8, 4) is 5.75 Å². The van der Waals surface area contributed by atoms with E-state index in [-0.39, 0.29) is 6.04 Å². The highest BCUT2D eigenvalue weighted by molar-refractivity contribution is 9.10. The molecule has 5 heteroatoms. The van der Waals surface area contributed by atoms with Gasteiger partial charge in [-0.2, -0.15) is 0 Å². The predicted octanol–water partition coefficient (Wildman–Crippen LogP) is 4.28. The molecule has 0 saturated carbocycles. The van der Waals surface area contributed by atoms with E-state index in [1.54, 1.807) is 7.11 Å². The summed E-state index contributed by atoms with van der Waals surface area (Å²) in [5, 5.41) is 0. The van der Waals surface area contributed by atoms with Crippen LogP contribution < -0.4 is 16.0 Å². The Morgan fingerprint density at radius 3 is 2.48 bits per heavy atom. The van der Waals surface area contributed by atoms with Crippen molar-refractivity contribution in [2.24, 2.45) is 5.84 Å². The Labute approximate surface area is 142 Å². The molecule has 0 aliphatic carbocycles. The molecule has 3 N–H and O–H groups in total. The molecule has 1 unspecified atom stereocenters. The zero-order chi connectivity index (χ0) is 15.4. The van der Waals surface area contributed by atoms with Crippen molar-refractivity contribution in [2.45, 2.75) is 19.4 Å². The first-order valence-corrected chi connectivity index (χ1v) is 8.18. The summed E-state index contributed by atoms with van der Waals surface area (Å²) >= 11 is 7.08. The van der Waals surface area contributed by atoms with Crippen LogP contribution in [0.25, 0.3) is 0 Å². The number of methoxy groups -OCH3 is 1. The largest absolute Gasteiger partial charge is 0.496 e. The van der Waals surface area contributed by atoms with Crippen molar-refractivity contribution in [3.63, 3.8) is 0 Å². The van der Waals surface area contributed by atoms with Crippen LogP contribution in [0.3, 0.4) is 0 Å². The predicted molar refractivity (Wildman–Crippen MR) is 93.3 cm³/mol. The minimum absolute atomic E-state index is 0.0576. The highest BCUT2D eigenvalue weighted by Crippen LogP contribution is 2.28. The van der Waals surface area contributed by atoms with Crippen LogP contribution in [-0.2, 0) is 6.42 Å². The van der Waals surface area contributed by atoms with Crippen molar-refractivity contribution in [1.82, 2.24) is 5.43 Å². The number of nitrogens with one attached hydrogen (secondary N) is 1. The number of hydrogen-bond donors (Lipinski definition) is 2. The number of hydrogen-bond acceptors (Lipinski definition) is 3. The van der Waals surface area contributed by atoms with E-state index in [0.29, 0.717) is 0 Å². The Balaban J connectivity index is 2.22. The zero-order valence-electron chi connectivity index (χ0n) is 12.0. The second-order valence-electron chi connectivity index (χ2n) is 4.90. The van der Waals surface area contributed by atoms with Gasteiger partial charge in [0, 0.05) is 4.47 Å². The molecule has 0 fully saturated rings. The van der Waals surface area contributed by atoms with Gasteiger partial charge in [0.05, 0.1) is 17.6 Å². The zero-order valence-corrected chi connectivity index (χ0v) is 15.2. The van der Waals surface area contributed by atoms with Crippen molar-refractivity contribution in [1.29, 1.82) is 0 Å². The SMILES string of the molecule is COc1ccc(CC(NN)c2ccc(C)c(Br)c2)cc1Br. The molecule has 2 aromatic rings. The van der Waals surface area contributed by atoms with Gasteiger partial charge in [-0.3, -0.25) is 11.3 Å². The summed E-state index contributed by atoms with van der Waals surface area (Å²) in [5.74, 6) is 6.56. The number of halogens is 2. The van der Waals surface area contributed by atoms with Crippen LogP contribution in [0.5, 0.6) is 5.75 Å². The Kier molecular flexibility index (Phi) is 5.81. The monoisotopic (exact) mass is 412 g/mol. The maximum absolute atomic E-state index is 5.73. The number of hydrazine groups is 1. The van der Waals surface area contributed by atoms with Gasteiger partial charge in [0.15, 0.2) is 0 Å². The van der Waals surface area contributed by atoms with E-state index in [4.69, 9.17) is 10.6 Å². The number of ether oxygens (including phenoxy) is 1. The van der Waals surface area contributed by atoms with Crippen molar-refractivity contribution in [3.05, 3.63) is 62.0 Å². The van der Waals surface area contributed by atoms with E-state index in [0.717, 1.165) is 26.7 Å². The summed E-state index contributed by atoms with van der Waals surface area (Å²) in [6.07, 6.45) is 0.800. The highest BCUT2D eigenvalue weighted by Gasteiger charge is 2.13.